The Balaban J connectivity index is 1.33. The van der Waals surface area contributed by atoms with E-state index in [1.807, 2.05) is 35.2 Å². The summed E-state index contributed by atoms with van der Waals surface area (Å²) in [6, 6.07) is 16.8. The quantitative estimate of drug-likeness (QED) is 0.747. The first kappa shape index (κ1) is 18.5. The maximum Gasteiger partial charge on any atom is 0.260 e. The molecule has 1 amide bonds. The molecule has 3 rings (SSSR count). The molecule has 0 aromatic heterocycles. The van der Waals surface area contributed by atoms with Crippen LogP contribution in [0.25, 0.3) is 0 Å². The average Bonchev–Trinajstić information content (AvgIpc) is 2.69. The lowest BCUT2D eigenvalue weighted by Crippen LogP contribution is -2.50. The van der Waals surface area contributed by atoms with Crippen molar-refractivity contribution >= 4 is 17.5 Å². The molecule has 0 unspecified atom stereocenters. The zero-order valence-corrected chi connectivity index (χ0v) is 15.4. The molecule has 1 heterocycles. The number of nitrogens with zero attached hydrogens (tertiary/aromatic N) is 2. The number of carbonyl (C=O) groups excluding carboxylic acids is 1. The fourth-order valence-corrected chi connectivity index (χ4v) is 2.92. The van der Waals surface area contributed by atoms with Crippen LogP contribution in [0.15, 0.2) is 54.6 Å². The second-order valence-corrected chi connectivity index (χ2v) is 6.56. The van der Waals surface area contributed by atoms with E-state index in [1.54, 1.807) is 24.3 Å². The van der Waals surface area contributed by atoms with Gasteiger partial charge in [-0.15, -0.1) is 0 Å². The normalized spacial score (nSPS) is 14.9. The van der Waals surface area contributed by atoms with Gasteiger partial charge in [0.05, 0.1) is 0 Å². The number of para-hydroxylation sites is 1. The topological polar surface area (TPSA) is 42.0 Å². The smallest absolute Gasteiger partial charge is 0.260 e. The van der Waals surface area contributed by atoms with Crippen molar-refractivity contribution in [1.82, 2.24) is 9.80 Å². The zero-order chi connectivity index (χ0) is 18.2. The minimum Gasteiger partial charge on any atom is -0.492 e. The van der Waals surface area contributed by atoms with Crippen molar-refractivity contribution in [2.45, 2.75) is 0 Å². The number of rotatable bonds is 7. The first-order valence-electron chi connectivity index (χ1n) is 8.77. The summed E-state index contributed by atoms with van der Waals surface area (Å²) in [5.74, 6) is 1.56. The van der Waals surface area contributed by atoms with E-state index in [0.717, 1.165) is 25.4 Å². The highest BCUT2D eigenvalue weighted by Crippen LogP contribution is 2.15. The summed E-state index contributed by atoms with van der Waals surface area (Å²) >= 11 is 5.84. The molecule has 0 atom stereocenters. The number of hydrogen-bond acceptors (Lipinski definition) is 4. The van der Waals surface area contributed by atoms with Gasteiger partial charge in [-0.1, -0.05) is 29.8 Å². The molecule has 0 saturated carbocycles. The van der Waals surface area contributed by atoms with Gasteiger partial charge in [0.25, 0.3) is 5.91 Å². The molecule has 1 saturated heterocycles. The third-order valence-corrected chi connectivity index (χ3v) is 4.57. The standard InChI is InChI=1S/C20H23ClN2O3/c21-17-6-8-19(9-7-17)26-16-20(24)23-12-10-22(11-13-23)14-15-25-18-4-2-1-3-5-18/h1-9H,10-16H2. The van der Waals surface area contributed by atoms with Crippen molar-refractivity contribution < 1.29 is 14.3 Å². The number of halogens is 1. The lowest BCUT2D eigenvalue weighted by atomic mass is 10.3. The molecule has 0 spiro atoms. The highest BCUT2D eigenvalue weighted by molar-refractivity contribution is 6.30. The van der Waals surface area contributed by atoms with Gasteiger partial charge >= 0.3 is 0 Å². The van der Waals surface area contributed by atoms with Crippen LogP contribution in [0.2, 0.25) is 5.02 Å². The summed E-state index contributed by atoms with van der Waals surface area (Å²) in [5, 5.41) is 0.649. The average molecular weight is 375 g/mol. The van der Waals surface area contributed by atoms with Gasteiger partial charge in [-0.25, -0.2) is 0 Å². The fourth-order valence-electron chi connectivity index (χ4n) is 2.80. The van der Waals surface area contributed by atoms with Gasteiger partial charge in [-0.2, -0.15) is 0 Å². The number of benzene rings is 2. The van der Waals surface area contributed by atoms with Crippen molar-refractivity contribution in [3.8, 4) is 11.5 Å². The van der Waals surface area contributed by atoms with E-state index in [1.165, 1.54) is 0 Å². The number of carbonyl (C=O) groups is 1. The zero-order valence-electron chi connectivity index (χ0n) is 14.6. The van der Waals surface area contributed by atoms with Crippen molar-refractivity contribution in [2.24, 2.45) is 0 Å². The molecular weight excluding hydrogens is 352 g/mol. The molecule has 1 fully saturated rings. The molecular formula is C20H23ClN2O3. The second-order valence-electron chi connectivity index (χ2n) is 6.13. The predicted octanol–water partition coefficient (Wildman–Crippen LogP) is 2.94. The van der Waals surface area contributed by atoms with Crippen LogP contribution in [-0.2, 0) is 4.79 Å². The predicted molar refractivity (Wildman–Crippen MR) is 102 cm³/mol. The molecule has 2 aromatic carbocycles. The Kier molecular flexibility index (Phi) is 6.75. The molecule has 26 heavy (non-hydrogen) atoms. The Morgan fingerprint density at radius 1 is 0.885 bits per heavy atom. The Morgan fingerprint density at radius 2 is 1.54 bits per heavy atom. The first-order valence-corrected chi connectivity index (χ1v) is 9.15. The van der Waals surface area contributed by atoms with Crippen LogP contribution in [0, 0.1) is 0 Å². The minimum atomic E-state index is 0.0140. The van der Waals surface area contributed by atoms with Crippen molar-refractivity contribution in [2.75, 3.05) is 45.9 Å². The lowest BCUT2D eigenvalue weighted by molar-refractivity contribution is -0.135. The maximum absolute atomic E-state index is 12.3. The Labute approximate surface area is 159 Å². The summed E-state index contributed by atoms with van der Waals surface area (Å²) in [6.45, 7) is 4.70. The third-order valence-electron chi connectivity index (χ3n) is 4.32. The Bertz CT molecular complexity index is 686. The summed E-state index contributed by atoms with van der Waals surface area (Å²) in [5.41, 5.74) is 0. The summed E-state index contributed by atoms with van der Waals surface area (Å²) < 4.78 is 11.3. The van der Waals surface area contributed by atoms with E-state index in [9.17, 15) is 4.79 Å². The number of ether oxygens (including phenoxy) is 2. The van der Waals surface area contributed by atoms with Crippen LogP contribution < -0.4 is 9.47 Å². The van der Waals surface area contributed by atoms with Crippen LogP contribution in [-0.4, -0.2) is 61.6 Å². The van der Waals surface area contributed by atoms with E-state index in [4.69, 9.17) is 21.1 Å². The molecule has 6 heteroatoms. The van der Waals surface area contributed by atoms with Gasteiger partial charge in [0.15, 0.2) is 6.61 Å². The summed E-state index contributed by atoms with van der Waals surface area (Å²) in [7, 11) is 0. The molecule has 138 valence electrons. The van der Waals surface area contributed by atoms with Crippen LogP contribution in [0.5, 0.6) is 11.5 Å². The largest absolute Gasteiger partial charge is 0.492 e. The van der Waals surface area contributed by atoms with Crippen molar-refractivity contribution in [3.63, 3.8) is 0 Å². The fraction of sp³-hybridized carbons (Fsp3) is 0.350. The summed E-state index contributed by atoms with van der Waals surface area (Å²) in [4.78, 5) is 16.4. The SMILES string of the molecule is O=C(COc1ccc(Cl)cc1)N1CCN(CCOc2ccccc2)CC1. The monoisotopic (exact) mass is 374 g/mol. The molecule has 2 aromatic rings. The highest BCUT2D eigenvalue weighted by Gasteiger charge is 2.21. The number of amides is 1. The second kappa shape index (κ2) is 9.46. The van der Waals surface area contributed by atoms with Gasteiger partial charge in [0, 0.05) is 37.7 Å². The van der Waals surface area contributed by atoms with Crippen LogP contribution >= 0.6 is 11.6 Å². The van der Waals surface area contributed by atoms with E-state index in [-0.39, 0.29) is 12.5 Å². The van der Waals surface area contributed by atoms with Gasteiger partial charge in [0.1, 0.15) is 18.1 Å². The lowest BCUT2D eigenvalue weighted by Gasteiger charge is -2.34. The number of hydrogen-bond donors (Lipinski definition) is 0. The number of piperazine rings is 1. The molecule has 1 aliphatic rings. The van der Waals surface area contributed by atoms with Gasteiger partial charge in [-0.3, -0.25) is 9.69 Å². The van der Waals surface area contributed by atoms with E-state index in [0.29, 0.717) is 30.5 Å². The van der Waals surface area contributed by atoms with E-state index < -0.39 is 0 Å². The van der Waals surface area contributed by atoms with Crippen LogP contribution in [0.4, 0.5) is 0 Å². The van der Waals surface area contributed by atoms with Gasteiger partial charge in [0.2, 0.25) is 0 Å². The Morgan fingerprint density at radius 3 is 2.23 bits per heavy atom. The molecule has 0 aliphatic carbocycles. The van der Waals surface area contributed by atoms with Crippen molar-refractivity contribution in [1.29, 1.82) is 0 Å². The minimum absolute atomic E-state index is 0.0140. The molecule has 0 N–H and O–H groups in total. The van der Waals surface area contributed by atoms with Gasteiger partial charge < -0.3 is 14.4 Å². The molecule has 1 aliphatic heterocycles. The van der Waals surface area contributed by atoms with E-state index >= 15 is 0 Å². The van der Waals surface area contributed by atoms with E-state index in [2.05, 4.69) is 4.90 Å². The van der Waals surface area contributed by atoms with Gasteiger partial charge in [-0.05, 0) is 36.4 Å². The van der Waals surface area contributed by atoms with Crippen LogP contribution in [0.1, 0.15) is 0 Å². The first-order chi connectivity index (χ1) is 12.7. The molecule has 5 nitrogen and oxygen atoms in total. The third kappa shape index (κ3) is 5.64. The van der Waals surface area contributed by atoms with Crippen molar-refractivity contribution in [3.05, 3.63) is 59.6 Å². The highest BCUT2D eigenvalue weighted by atomic mass is 35.5. The Hall–Kier alpha value is -2.24. The maximum atomic E-state index is 12.3. The molecule has 0 bridgehead atoms. The molecule has 0 radical (unpaired) electrons. The van der Waals surface area contributed by atoms with Crippen LogP contribution in [0.3, 0.4) is 0 Å². The summed E-state index contributed by atoms with van der Waals surface area (Å²) in [6.07, 6.45) is 0.